The molecule has 1 unspecified atom stereocenters. The molecule has 1 heterocycles. The van der Waals surface area contributed by atoms with Crippen molar-refractivity contribution in [1.29, 1.82) is 0 Å². The summed E-state index contributed by atoms with van der Waals surface area (Å²) in [6.45, 7) is 0. The van der Waals surface area contributed by atoms with Gasteiger partial charge in [0.05, 0.1) is 13.5 Å². The van der Waals surface area contributed by atoms with Crippen LogP contribution in [0.3, 0.4) is 0 Å². The molecule has 2 rings (SSSR count). The topological polar surface area (TPSA) is 72.2 Å². The molecule has 0 spiro atoms. The van der Waals surface area contributed by atoms with E-state index in [2.05, 4.69) is 10.3 Å². The third-order valence-corrected chi connectivity index (χ3v) is 2.17. The Morgan fingerprint density at radius 1 is 1.57 bits per heavy atom. The number of quaternary nitrogens is 1. The molecule has 1 aromatic carbocycles. The van der Waals surface area contributed by atoms with Crippen molar-refractivity contribution in [3.63, 3.8) is 0 Å². The first kappa shape index (κ1) is 8.83. The molecule has 1 aliphatic heterocycles. The maximum absolute atomic E-state index is 10.8. The number of nitrogens with two attached hydrogens (primary N) is 1. The van der Waals surface area contributed by atoms with Crippen LogP contribution in [-0.2, 0) is 11.2 Å². The number of fused-ring (bicyclic) bond motifs is 1. The summed E-state index contributed by atoms with van der Waals surface area (Å²) in [7, 11) is 1.89. The average Bonchev–Trinajstić information content (AvgIpc) is 2.49. The van der Waals surface area contributed by atoms with E-state index in [1.54, 1.807) is 0 Å². The Labute approximate surface area is 81.2 Å². The van der Waals surface area contributed by atoms with E-state index in [1.165, 1.54) is 0 Å². The van der Waals surface area contributed by atoms with Crippen molar-refractivity contribution in [2.75, 3.05) is 7.05 Å². The first-order valence-electron chi connectivity index (χ1n) is 4.34. The van der Waals surface area contributed by atoms with Gasteiger partial charge >= 0.3 is 0 Å². The summed E-state index contributed by atoms with van der Waals surface area (Å²) in [5.74, 6) is -0.349. The SMILES string of the molecule is C[NH+]1N=Nc2c(CC(N)=O)cccc21. The highest BCUT2D eigenvalue weighted by Crippen LogP contribution is 2.29. The van der Waals surface area contributed by atoms with Crippen molar-refractivity contribution < 1.29 is 9.80 Å². The van der Waals surface area contributed by atoms with Crippen molar-refractivity contribution in [2.24, 2.45) is 16.1 Å². The van der Waals surface area contributed by atoms with E-state index in [4.69, 9.17) is 5.73 Å². The van der Waals surface area contributed by atoms with E-state index in [0.717, 1.165) is 21.9 Å². The van der Waals surface area contributed by atoms with Crippen molar-refractivity contribution in [2.45, 2.75) is 6.42 Å². The molecule has 0 aliphatic carbocycles. The van der Waals surface area contributed by atoms with Crippen molar-refractivity contribution in [3.05, 3.63) is 23.8 Å². The molecule has 0 fully saturated rings. The van der Waals surface area contributed by atoms with Crippen molar-refractivity contribution in [3.8, 4) is 0 Å². The van der Waals surface area contributed by atoms with Crippen LogP contribution in [0.2, 0.25) is 0 Å². The number of rotatable bonds is 2. The zero-order chi connectivity index (χ0) is 10.1. The highest BCUT2D eigenvalue weighted by atomic mass is 16.1. The summed E-state index contributed by atoms with van der Waals surface area (Å²) >= 11 is 0. The second-order valence-corrected chi connectivity index (χ2v) is 3.24. The third-order valence-electron chi connectivity index (χ3n) is 2.17. The number of amides is 1. The first-order chi connectivity index (χ1) is 6.68. The van der Waals surface area contributed by atoms with Crippen LogP contribution in [0.5, 0.6) is 0 Å². The van der Waals surface area contributed by atoms with Gasteiger partial charge in [0.1, 0.15) is 0 Å². The molecule has 14 heavy (non-hydrogen) atoms. The van der Waals surface area contributed by atoms with Gasteiger partial charge < -0.3 is 5.73 Å². The standard InChI is InChI=1S/C9H10N4O/c1-13-7-4-2-3-6(5-8(10)14)9(7)11-12-13/h2-4H,5H2,1H3,(H2,10,14)/p+1. The second-order valence-electron chi connectivity index (χ2n) is 3.24. The van der Waals surface area contributed by atoms with Crippen LogP contribution >= 0.6 is 0 Å². The molecule has 0 bridgehead atoms. The van der Waals surface area contributed by atoms with E-state index >= 15 is 0 Å². The summed E-state index contributed by atoms with van der Waals surface area (Å²) < 4.78 is 0. The van der Waals surface area contributed by atoms with Gasteiger partial charge in [-0.15, -0.1) is 0 Å². The second kappa shape index (κ2) is 3.19. The summed E-state index contributed by atoms with van der Waals surface area (Å²) in [6, 6.07) is 5.67. The van der Waals surface area contributed by atoms with Gasteiger partial charge in [-0.05, 0) is 5.56 Å². The Kier molecular flexibility index (Phi) is 2.01. The molecule has 0 radical (unpaired) electrons. The van der Waals surface area contributed by atoms with E-state index in [-0.39, 0.29) is 12.3 Å². The van der Waals surface area contributed by atoms with Gasteiger partial charge in [0.25, 0.3) is 0 Å². The van der Waals surface area contributed by atoms with Crippen LogP contribution in [0, 0.1) is 0 Å². The molecule has 1 aromatic rings. The number of benzene rings is 1. The van der Waals surface area contributed by atoms with Crippen LogP contribution in [0.15, 0.2) is 28.5 Å². The normalized spacial score (nSPS) is 18.2. The lowest BCUT2D eigenvalue weighted by molar-refractivity contribution is -0.817. The monoisotopic (exact) mass is 191 g/mol. The molecule has 72 valence electrons. The maximum atomic E-state index is 10.8. The number of nitrogens with one attached hydrogen (secondary N) is 1. The average molecular weight is 191 g/mol. The molecular weight excluding hydrogens is 180 g/mol. The van der Waals surface area contributed by atoms with E-state index in [9.17, 15) is 4.79 Å². The number of carbonyl (C=O) groups is 1. The zero-order valence-electron chi connectivity index (χ0n) is 7.82. The Morgan fingerprint density at radius 2 is 2.36 bits per heavy atom. The Balaban J connectivity index is 2.43. The van der Waals surface area contributed by atoms with Gasteiger partial charge in [-0.3, -0.25) is 4.79 Å². The minimum Gasteiger partial charge on any atom is -0.369 e. The largest absolute Gasteiger partial charge is 0.369 e. The van der Waals surface area contributed by atoms with Gasteiger partial charge in [-0.2, -0.15) is 5.01 Å². The maximum Gasteiger partial charge on any atom is 0.221 e. The molecule has 0 saturated heterocycles. The lowest BCUT2D eigenvalue weighted by Gasteiger charge is -2.02. The molecule has 1 aliphatic rings. The minimum atomic E-state index is -0.349. The lowest BCUT2D eigenvalue weighted by Crippen LogP contribution is -2.97. The summed E-state index contributed by atoms with van der Waals surface area (Å²) in [6.07, 6.45) is 0.218. The van der Waals surface area contributed by atoms with E-state index in [0.29, 0.717) is 0 Å². The third kappa shape index (κ3) is 1.38. The zero-order valence-corrected chi connectivity index (χ0v) is 7.82. The highest BCUT2D eigenvalue weighted by molar-refractivity contribution is 5.80. The number of primary amides is 1. The summed E-state index contributed by atoms with van der Waals surface area (Å²) in [5.41, 5.74) is 7.75. The molecule has 0 saturated carbocycles. The predicted molar refractivity (Wildman–Crippen MR) is 50.4 cm³/mol. The van der Waals surface area contributed by atoms with Crippen LogP contribution in [0.25, 0.3) is 0 Å². The summed E-state index contributed by atoms with van der Waals surface area (Å²) in [4.78, 5) is 10.8. The molecular formula is C9H11N4O+. The van der Waals surface area contributed by atoms with Gasteiger partial charge in [0, 0.05) is 11.3 Å². The fraction of sp³-hybridized carbons (Fsp3) is 0.222. The minimum absolute atomic E-state index is 0.218. The number of nitrogens with zero attached hydrogens (tertiary/aromatic N) is 2. The molecule has 5 nitrogen and oxygen atoms in total. The molecule has 5 heteroatoms. The smallest absolute Gasteiger partial charge is 0.221 e. The first-order valence-corrected chi connectivity index (χ1v) is 4.34. The molecule has 3 N–H and O–H groups in total. The highest BCUT2D eigenvalue weighted by Gasteiger charge is 2.22. The Bertz CT molecular complexity index is 413. The molecule has 1 amide bonds. The van der Waals surface area contributed by atoms with E-state index in [1.807, 2.05) is 25.2 Å². The van der Waals surface area contributed by atoms with Crippen LogP contribution in [-0.4, -0.2) is 13.0 Å². The van der Waals surface area contributed by atoms with E-state index < -0.39 is 0 Å². The number of hydrogen-bond donors (Lipinski definition) is 2. The van der Waals surface area contributed by atoms with Gasteiger partial charge in [0.15, 0.2) is 11.4 Å². The van der Waals surface area contributed by atoms with Crippen molar-refractivity contribution in [1.82, 2.24) is 0 Å². The molecule has 0 aromatic heterocycles. The van der Waals surface area contributed by atoms with Crippen LogP contribution in [0.4, 0.5) is 11.4 Å². The summed E-state index contributed by atoms with van der Waals surface area (Å²) in [5, 5.41) is 8.86. The number of carbonyl (C=O) groups excluding carboxylic acids is 1. The quantitative estimate of drug-likeness (QED) is 0.671. The predicted octanol–water partition coefficient (Wildman–Crippen LogP) is -0.127. The fourth-order valence-electron chi connectivity index (χ4n) is 1.51. The van der Waals surface area contributed by atoms with Crippen LogP contribution in [0.1, 0.15) is 5.56 Å². The number of hydrogen-bond acceptors (Lipinski definition) is 3. The fourth-order valence-corrected chi connectivity index (χ4v) is 1.51. The van der Waals surface area contributed by atoms with Gasteiger partial charge in [-0.25, -0.2) is 0 Å². The Hall–Kier alpha value is -1.75. The van der Waals surface area contributed by atoms with Gasteiger partial charge in [0.2, 0.25) is 5.91 Å². The molecule has 1 atom stereocenters. The Morgan fingerprint density at radius 3 is 3.07 bits per heavy atom. The van der Waals surface area contributed by atoms with Gasteiger partial charge in [-0.1, -0.05) is 17.2 Å². The van der Waals surface area contributed by atoms with Crippen LogP contribution < -0.4 is 10.7 Å². The van der Waals surface area contributed by atoms with Crippen molar-refractivity contribution >= 4 is 17.3 Å². The lowest BCUT2D eigenvalue weighted by atomic mass is 10.1.